The van der Waals surface area contributed by atoms with E-state index < -0.39 is 0 Å². The molecule has 0 unspecified atom stereocenters. The zero-order chi connectivity index (χ0) is 16.6. The van der Waals surface area contributed by atoms with Crippen LogP contribution in [0.15, 0.2) is 43.0 Å². The van der Waals surface area contributed by atoms with Gasteiger partial charge in [0.15, 0.2) is 0 Å². The Morgan fingerprint density at radius 3 is 2.61 bits per heavy atom. The lowest BCUT2D eigenvalue weighted by Crippen LogP contribution is -2.23. The lowest BCUT2D eigenvalue weighted by atomic mass is 9.75. The van der Waals surface area contributed by atoms with E-state index in [1.807, 2.05) is 18.2 Å². The third-order valence-electron chi connectivity index (χ3n) is 4.95. The first-order valence-corrected chi connectivity index (χ1v) is 8.39. The summed E-state index contributed by atoms with van der Waals surface area (Å²) in [6, 6.07) is 10.2. The van der Waals surface area contributed by atoms with E-state index in [4.69, 9.17) is 5.10 Å². The number of aromatic nitrogens is 2. The summed E-state index contributed by atoms with van der Waals surface area (Å²) >= 11 is 0. The molecule has 3 rings (SSSR count). The maximum Gasteiger partial charge on any atom is 0.270 e. The van der Waals surface area contributed by atoms with Crippen LogP contribution < -0.4 is 0 Å². The van der Waals surface area contributed by atoms with Gasteiger partial charge in [-0.15, -0.1) is 0 Å². The zero-order valence-corrected chi connectivity index (χ0v) is 14.1. The van der Waals surface area contributed by atoms with Gasteiger partial charge in [-0.1, -0.05) is 57.7 Å². The van der Waals surface area contributed by atoms with Crippen LogP contribution in [0, 0.1) is 5.92 Å². The van der Waals surface area contributed by atoms with Crippen LogP contribution in [0.25, 0.3) is 11.3 Å². The predicted molar refractivity (Wildman–Crippen MR) is 93.7 cm³/mol. The normalized spacial score (nSPS) is 20.3. The second-order valence-corrected chi connectivity index (χ2v) is 6.80. The van der Waals surface area contributed by atoms with E-state index in [1.54, 1.807) is 4.68 Å². The van der Waals surface area contributed by atoms with Gasteiger partial charge in [0.1, 0.15) is 0 Å². The minimum absolute atomic E-state index is 0.136. The highest BCUT2D eigenvalue weighted by Crippen LogP contribution is 2.46. The monoisotopic (exact) mass is 308 g/mol. The molecule has 0 amide bonds. The van der Waals surface area contributed by atoms with Crippen molar-refractivity contribution in [2.75, 3.05) is 0 Å². The summed E-state index contributed by atoms with van der Waals surface area (Å²) in [7, 11) is 0. The molecule has 0 saturated carbocycles. The molecule has 120 valence electrons. The molecule has 2 atom stereocenters. The molecule has 0 fully saturated rings. The lowest BCUT2D eigenvalue weighted by Gasteiger charge is -2.30. The molecule has 1 aromatic carbocycles. The molecule has 0 aliphatic heterocycles. The standard InChI is InChI=1S/C20H24N2O/c1-5-17(23)22-20-16(13(2)3)12-11-14(4)18(20)19(21-22)15-9-7-6-8-10-15/h5-10,13-14,16H,1,11-12H2,2-4H3/t14-,16+/m1/s1. The summed E-state index contributed by atoms with van der Waals surface area (Å²) in [4.78, 5) is 12.4. The highest BCUT2D eigenvalue weighted by atomic mass is 16.2. The van der Waals surface area contributed by atoms with Crippen LogP contribution >= 0.6 is 0 Å². The molecule has 1 aliphatic rings. The van der Waals surface area contributed by atoms with Crippen molar-refractivity contribution >= 4 is 5.91 Å². The van der Waals surface area contributed by atoms with Crippen LogP contribution in [0.2, 0.25) is 0 Å². The SMILES string of the molecule is C=CC(=O)n1nc(-c2ccccc2)c2c1[C@H](C(C)C)CC[C@H]2C. The van der Waals surface area contributed by atoms with Crippen molar-refractivity contribution in [2.45, 2.75) is 45.4 Å². The number of carbonyl (C=O) groups is 1. The van der Waals surface area contributed by atoms with E-state index in [1.165, 1.54) is 11.6 Å². The van der Waals surface area contributed by atoms with Crippen LogP contribution in [-0.2, 0) is 0 Å². The number of hydrogen-bond donors (Lipinski definition) is 0. The number of benzene rings is 1. The van der Waals surface area contributed by atoms with E-state index in [9.17, 15) is 4.79 Å². The van der Waals surface area contributed by atoms with Crippen LogP contribution in [0.5, 0.6) is 0 Å². The zero-order valence-electron chi connectivity index (χ0n) is 14.1. The Balaban J connectivity index is 2.27. The van der Waals surface area contributed by atoms with Gasteiger partial charge in [-0.05, 0) is 30.8 Å². The summed E-state index contributed by atoms with van der Waals surface area (Å²) in [6.07, 6.45) is 3.61. The minimum Gasteiger partial charge on any atom is -0.267 e. The number of nitrogens with zero attached hydrogens (tertiary/aromatic N) is 2. The van der Waals surface area contributed by atoms with Crippen molar-refractivity contribution in [3.05, 3.63) is 54.2 Å². The molecule has 0 saturated heterocycles. The van der Waals surface area contributed by atoms with Crippen LogP contribution in [0.1, 0.15) is 61.5 Å². The maximum atomic E-state index is 12.4. The summed E-state index contributed by atoms with van der Waals surface area (Å²) in [5.41, 5.74) is 4.38. The second kappa shape index (κ2) is 6.15. The van der Waals surface area contributed by atoms with Gasteiger partial charge in [0, 0.05) is 17.0 Å². The van der Waals surface area contributed by atoms with E-state index in [2.05, 4.69) is 39.5 Å². The van der Waals surface area contributed by atoms with Crippen molar-refractivity contribution < 1.29 is 4.79 Å². The molecular formula is C20H24N2O. The van der Waals surface area contributed by atoms with Crippen molar-refractivity contribution in [3.63, 3.8) is 0 Å². The Hall–Kier alpha value is -2.16. The molecule has 2 aromatic rings. The molecule has 1 heterocycles. The summed E-state index contributed by atoms with van der Waals surface area (Å²) in [5.74, 6) is 1.14. The van der Waals surface area contributed by atoms with Crippen molar-refractivity contribution in [3.8, 4) is 11.3 Å². The van der Waals surface area contributed by atoms with Crippen molar-refractivity contribution in [1.29, 1.82) is 0 Å². The maximum absolute atomic E-state index is 12.4. The number of carbonyl (C=O) groups excluding carboxylic acids is 1. The van der Waals surface area contributed by atoms with Gasteiger partial charge in [-0.3, -0.25) is 4.79 Å². The van der Waals surface area contributed by atoms with E-state index >= 15 is 0 Å². The van der Waals surface area contributed by atoms with Crippen molar-refractivity contribution in [1.82, 2.24) is 9.78 Å². The third-order valence-corrected chi connectivity index (χ3v) is 4.95. The third kappa shape index (κ3) is 2.65. The molecule has 23 heavy (non-hydrogen) atoms. The first kappa shape index (κ1) is 15.7. The molecule has 3 nitrogen and oxygen atoms in total. The number of hydrogen-bond acceptors (Lipinski definition) is 2. The number of allylic oxidation sites excluding steroid dienone is 1. The summed E-state index contributed by atoms with van der Waals surface area (Å²) in [5, 5.41) is 4.71. The predicted octanol–water partition coefficient (Wildman–Crippen LogP) is 5.01. The van der Waals surface area contributed by atoms with Crippen LogP contribution in [0.4, 0.5) is 0 Å². The number of fused-ring (bicyclic) bond motifs is 1. The highest BCUT2D eigenvalue weighted by molar-refractivity contribution is 5.90. The van der Waals surface area contributed by atoms with Gasteiger partial charge in [0.25, 0.3) is 5.91 Å². The van der Waals surface area contributed by atoms with E-state index in [-0.39, 0.29) is 5.91 Å². The molecule has 1 aliphatic carbocycles. The molecule has 0 bridgehead atoms. The largest absolute Gasteiger partial charge is 0.270 e. The summed E-state index contributed by atoms with van der Waals surface area (Å²) in [6.45, 7) is 10.3. The Morgan fingerprint density at radius 2 is 2.00 bits per heavy atom. The van der Waals surface area contributed by atoms with Crippen LogP contribution in [-0.4, -0.2) is 15.7 Å². The first-order chi connectivity index (χ1) is 11.0. The molecule has 0 spiro atoms. The van der Waals surface area contributed by atoms with Gasteiger partial charge >= 0.3 is 0 Å². The van der Waals surface area contributed by atoms with Gasteiger partial charge < -0.3 is 0 Å². The highest BCUT2D eigenvalue weighted by Gasteiger charge is 2.35. The Bertz CT molecular complexity index is 728. The molecule has 1 aromatic heterocycles. The van der Waals surface area contributed by atoms with Gasteiger partial charge in [-0.25, -0.2) is 4.68 Å². The fourth-order valence-electron chi connectivity index (χ4n) is 3.71. The van der Waals surface area contributed by atoms with E-state index in [0.29, 0.717) is 17.8 Å². The van der Waals surface area contributed by atoms with Crippen molar-refractivity contribution in [2.24, 2.45) is 5.92 Å². The first-order valence-electron chi connectivity index (χ1n) is 8.39. The molecular weight excluding hydrogens is 284 g/mol. The average molecular weight is 308 g/mol. The number of rotatable bonds is 3. The molecule has 0 N–H and O–H groups in total. The average Bonchev–Trinajstić information content (AvgIpc) is 2.96. The smallest absolute Gasteiger partial charge is 0.267 e. The summed E-state index contributed by atoms with van der Waals surface area (Å²) < 4.78 is 1.60. The van der Waals surface area contributed by atoms with Gasteiger partial charge in [-0.2, -0.15) is 5.10 Å². The minimum atomic E-state index is -0.136. The second-order valence-electron chi connectivity index (χ2n) is 6.80. The molecule has 0 radical (unpaired) electrons. The van der Waals surface area contributed by atoms with E-state index in [0.717, 1.165) is 29.8 Å². The van der Waals surface area contributed by atoms with Gasteiger partial charge in [0.05, 0.1) is 11.4 Å². The fourth-order valence-corrected chi connectivity index (χ4v) is 3.71. The quantitative estimate of drug-likeness (QED) is 0.747. The Morgan fingerprint density at radius 1 is 1.30 bits per heavy atom. The van der Waals surface area contributed by atoms with Crippen LogP contribution in [0.3, 0.4) is 0 Å². The van der Waals surface area contributed by atoms with Gasteiger partial charge in [0.2, 0.25) is 0 Å². The topological polar surface area (TPSA) is 34.9 Å². The Labute approximate surface area is 138 Å². The molecule has 3 heteroatoms. The fraction of sp³-hybridized carbons (Fsp3) is 0.400. The lowest BCUT2D eigenvalue weighted by molar-refractivity contribution is 0.0947. The Kier molecular flexibility index (Phi) is 4.20.